The zero-order chi connectivity index (χ0) is 16.4. The monoisotopic (exact) mass is 327 g/mol. The van der Waals surface area contributed by atoms with Gasteiger partial charge in [0, 0.05) is 37.8 Å². The second kappa shape index (κ2) is 7.08. The minimum absolute atomic E-state index is 0.433. The van der Waals surface area contributed by atoms with Crippen molar-refractivity contribution in [3.63, 3.8) is 0 Å². The first-order valence-corrected chi connectivity index (χ1v) is 9.15. The fourth-order valence-electron chi connectivity index (χ4n) is 4.21. The van der Waals surface area contributed by atoms with Gasteiger partial charge in [-0.05, 0) is 37.2 Å². The maximum absolute atomic E-state index is 8.78. The molecule has 0 aromatic carbocycles. The molecule has 5 heteroatoms. The van der Waals surface area contributed by atoms with Crippen LogP contribution in [0.15, 0.2) is 18.3 Å². The molecule has 0 amide bonds. The van der Waals surface area contributed by atoms with Crippen LogP contribution in [0, 0.1) is 29.1 Å². The second-order valence-electron chi connectivity index (χ2n) is 7.45. The third-order valence-corrected chi connectivity index (χ3v) is 5.86. The summed E-state index contributed by atoms with van der Waals surface area (Å²) in [5, 5.41) is 8.78. The summed E-state index contributed by atoms with van der Waals surface area (Å²) in [6, 6.07) is 5.58. The van der Waals surface area contributed by atoms with Crippen LogP contribution >= 0.6 is 0 Å². The summed E-state index contributed by atoms with van der Waals surface area (Å²) >= 11 is 0. The molecule has 5 nitrogen and oxygen atoms in total. The van der Waals surface area contributed by atoms with E-state index in [-0.39, 0.29) is 0 Å². The molecule has 3 atom stereocenters. The highest BCUT2D eigenvalue weighted by Crippen LogP contribution is 2.37. The summed E-state index contributed by atoms with van der Waals surface area (Å²) in [6.45, 7) is 5.13. The fourth-order valence-corrected chi connectivity index (χ4v) is 4.21. The number of nitriles is 1. The van der Waals surface area contributed by atoms with Crippen LogP contribution in [0.25, 0.3) is 0 Å². The average Bonchev–Trinajstić information content (AvgIpc) is 3.13. The minimum atomic E-state index is 0.433. The van der Waals surface area contributed by atoms with Crippen molar-refractivity contribution >= 4 is 0 Å². The summed E-state index contributed by atoms with van der Waals surface area (Å²) in [5.74, 6) is 2.80. The third kappa shape index (κ3) is 3.40. The zero-order valence-electron chi connectivity index (χ0n) is 14.1. The molecule has 1 saturated carbocycles. The van der Waals surface area contributed by atoms with Crippen molar-refractivity contribution < 1.29 is 9.47 Å². The smallest absolute Gasteiger partial charge is 0.213 e. The summed E-state index contributed by atoms with van der Waals surface area (Å²) < 4.78 is 11.8. The molecule has 3 fully saturated rings. The highest BCUT2D eigenvalue weighted by Gasteiger charge is 2.43. The summed E-state index contributed by atoms with van der Waals surface area (Å²) in [7, 11) is 0. The first kappa shape index (κ1) is 15.9. The van der Waals surface area contributed by atoms with Gasteiger partial charge >= 0.3 is 0 Å². The van der Waals surface area contributed by atoms with Crippen molar-refractivity contribution in [1.82, 2.24) is 9.88 Å². The predicted octanol–water partition coefficient (Wildman–Crippen LogP) is 2.47. The fraction of sp³-hybridized carbons (Fsp3) is 0.684. The highest BCUT2D eigenvalue weighted by molar-refractivity contribution is 5.28. The van der Waals surface area contributed by atoms with E-state index in [0.29, 0.717) is 36.0 Å². The number of fused-ring (bicyclic) bond motifs is 1. The van der Waals surface area contributed by atoms with Gasteiger partial charge in [-0.3, -0.25) is 0 Å². The Morgan fingerprint density at radius 3 is 2.96 bits per heavy atom. The molecular weight excluding hydrogens is 302 g/mol. The molecule has 4 rings (SSSR count). The van der Waals surface area contributed by atoms with Gasteiger partial charge in [0.25, 0.3) is 0 Å². The topological polar surface area (TPSA) is 58.4 Å². The Morgan fingerprint density at radius 2 is 2.25 bits per heavy atom. The Kier molecular flexibility index (Phi) is 4.68. The molecule has 0 bridgehead atoms. The Balaban J connectivity index is 1.23. The Hall–Kier alpha value is -1.64. The van der Waals surface area contributed by atoms with Crippen LogP contribution in [-0.2, 0) is 4.74 Å². The summed E-state index contributed by atoms with van der Waals surface area (Å²) in [5.41, 5.74) is 0.562. The number of likely N-dealkylation sites (tertiary alicyclic amines) is 1. The van der Waals surface area contributed by atoms with E-state index >= 15 is 0 Å². The van der Waals surface area contributed by atoms with E-state index in [4.69, 9.17) is 14.7 Å². The van der Waals surface area contributed by atoms with Crippen LogP contribution in [0.1, 0.15) is 31.2 Å². The number of hydrogen-bond donors (Lipinski definition) is 0. The van der Waals surface area contributed by atoms with Gasteiger partial charge in [-0.1, -0.05) is 6.42 Å². The lowest BCUT2D eigenvalue weighted by molar-refractivity contribution is 0.0867. The molecule has 0 unspecified atom stereocenters. The van der Waals surface area contributed by atoms with Crippen molar-refractivity contribution in [1.29, 1.82) is 5.26 Å². The number of hydrogen-bond acceptors (Lipinski definition) is 5. The van der Waals surface area contributed by atoms with Gasteiger partial charge in [0.1, 0.15) is 6.07 Å². The number of ether oxygens (including phenoxy) is 2. The Bertz CT molecular complexity index is 594. The molecular formula is C19H25N3O2. The largest absolute Gasteiger partial charge is 0.478 e. The van der Waals surface area contributed by atoms with E-state index in [1.165, 1.54) is 32.4 Å². The van der Waals surface area contributed by atoms with E-state index < -0.39 is 0 Å². The molecule has 1 aromatic heterocycles. The molecule has 0 radical (unpaired) electrons. The van der Waals surface area contributed by atoms with Gasteiger partial charge in [-0.25, -0.2) is 4.98 Å². The number of pyridine rings is 1. The zero-order valence-corrected chi connectivity index (χ0v) is 14.1. The van der Waals surface area contributed by atoms with Gasteiger partial charge in [0.05, 0.1) is 24.9 Å². The van der Waals surface area contributed by atoms with E-state index in [1.54, 1.807) is 18.3 Å². The molecule has 1 aliphatic carbocycles. The SMILES string of the molecule is N#Cc1ccc(OCC[C@@H]2CO[C@@H]3CN(CC4CCC4)C[C@H]23)nc1. The lowest BCUT2D eigenvalue weighted by Gasteiger charge is -2.30. The first-order valence-electron chi connectivity index (χ1n) is 9.15. The van der Waals surface area contributed by atoms with Crippen molar-refractivity contribution in [2.24, 2.45) is 17.8 Å². The Morgan fingerprint density at radius 1 is 1.33 bits per heavy atom. The summed E-state index contributed by atoms with van der Waals surface area (Å²) in [6.07, 6.45) is 7.26. The van der Waals surface area contributed by atoms with Crippen molar-refractivity contribution in [2.75, 3.05) is 32.8 Å². The van der Waals surface area contributed by atoms with Gasteiger partial charge in [-0.15, -0.1) is 0 Å². The molecule has 3 heterocycles. The predicted molar refractivity (Wildman–Crippen MR) is 89.6 cm³/mol. The quantitative estimate of drug-likeness (QED) is 0.803. The van der Waals surface area contributed by atoms with Gasteiger partial charge in [0.2, 0.25) is 5.88 Å². The minimum Gasteiger partial charge on any atom is -0.478 e. The van der Waals surface area contributed by atoms with E-state index in [0.717, 1.165) is 25.5 Å². The van der Waals surface area contributed by atoms with Gasteiger partial charge in [0.15, 0.2) is 0 Å². The molecule has 2 saturated heterocycles. The van der Waals surface area contributed by atoms with E-state index in [1.807, 2.05) is 0 Å². The van der Waals surface area contributed by atoms with E-state index in [9.17, 15) is 0 Å². The molecule has 3 aliphatic rings. The maximum atomic E-state index is 8.78. The van der Waals surface area contributed by atoms with Crippen molar-refractivity contribution in [2.45, 2.75) is 31.8 Å². The standard InChI is InChI=1S/C19H25N3O2/c20-8-15-4-5-19(21-9-15)23-7-6-16-13-24-18-12-22(11-17(16)18)10-14-2-1-3-14/h4-5,9,14,16-18H,1-3,6-7,10-13H2/t16-,17-,18-/m1/s1. The number of aromatic nitrogens is 1. The normalized spacial score (nSPS) is 29.9. The highest BCUT2D eigenvalue weighted by atomic mass is 16.5. The molecule has 2 aliphatic heterocycles. The molecule has 0 N–H and O–H groups in total. The van der Waals surface area contributed by atoms with Crippen LogP contribution in [0.5, 0.6) is 5.88 Å². The number of nitrogens with zero attached hydrogens (tertiary/aromatic N) is 3. The van der Waals surface area contributed by atoms with Crippen LogP contribution < -0.4 is 4.74 Å². The molecule has 24 heavy (non-hydrogen) atoms. The lowest BCUT2D eigenvalue weighted by Crippen LogP contribution is -2.32. The Labute approximate surface area is 143 Å². The molecule has 128 valence electrons. The number of rotatable bonds is 6. The van der Waals surface area contributed by atoms with Crippen LogP contribution in [0.4, 0.5) is 0 Å². The van der Waals surface area contributed by atoms with Crippen LogP contribution in [0.3, 0.4) is 0 Å². The third-order valence-electron chi connectivity index (χ3n) is 5.86. The first-order chi connectivity index (χ1) is 11.8. The van der Waals surface area contributed by atoms with Crippen LogP contribution in [-0.4, -0.2) is 48.8 Å². The maximum Gasteiger partial charge on any atom is 0.213 e. The molecule has 0 spiro atoms. The van der Waals surface area contributed by atoms with Crippen molar-refractivity contribution in [3.8, 4) is 11.9 Å². The van der Waals surface area contributed by atoms with Crippen LogP contribution in [0.2, 0.25) is 0 Å². The lowest BCUT2D eigenvalue weighted by atomic mass is 9.85. The summed E-state index contributed by atoms with van der Waals surface area (Å²) in [4.78, 5) is 6.78. The van der Waals surface area contributed by atoms with Crippen molar-refractivity contribution in [3.05, 3.63) is 23.9 Å². The molecule has 1 aromatic rings. The average molecular weight is 327 g/mol. The van der Waals surface area contributed by atoms with E-state index in [2.05, 4.69) is 16.0 Å². The second-order valence-corrected chi connectivity index (χ2v) is 7.45. The van der Waals surface area contributed by atoms with Gasteiger partial charge in [-0.2, -0.15) is 5.26 Å². The van der Waals surface area contributed by atoms with Gasteiger partial charge < -0.3 is 14.4 Å².